The van der Waals surface area contributed by atoms with Crippen LogP contribution in [0.2, 0.25) is 0 Å². The van der Waals surface area contributed by atoms with Crippen molar-refractivity contribution < 1.29 is 9.53 Å². The lowest BCUT2D eigenvalue weighted by atomic mass is 9.87. The fourth-order valence-corrected chi connectivity index (χ4v) is 3.36. The van der Waals surface area contributed by atoms with Crippen LogP contribution in [0.3, 0.4) is 0 Å². The Kier molecular flexibility index (Phi) is 6.49. The number of hydrogen-bond acceptors (Lipinski definition) is 5. The van der Waals surface area contributed by atoms with Gasteiger partial charge >= 0.3 is 0 Å². The lowest BCUT2D eigenvalue weighted by molar-refractivity contribution is -0.125. The Bertz CT molecular complexity index is 748. The number of hydrogen-bond donors (Lipinski definition) is 1. The highest BCUT2D eigenvalue weighted by atomic mass is 16.5. The van der Waals surface area contributed by atoms with Crippen LogP contribution in [0, 0.1) is 5.92 Å². The van der Waals surface area contributed by atoms with Gasteiger partial charge in [-0.05, 0) is 36.0 Å². The monoisotopic (exact) mass is 382 g/mol. The van der Waals surface area contributed by atoms with Crippen LogP contribution in [0.25, 0.3) is 0 Å². The van der Waals surface area contributed by atoms with Crippen molar-refractivity contribution in [3.05, 3.63) is 48.4 Å². The summed E-state index contributed by atoms with van der Waals surface area (Å²) < 4.78 is 5.75. The molecule has 0 unspecified atom stereocenters. The summed E-state index contributed by atoms with van der Waals surface area (Å²) in [6.07, 6.45) is 6.80. The first-order valence-electron chi connectivity index (χ1n) is 9.95. The highest BCUT2D eigenvalue weighted by Gasteiger charge is 2.25. The fourth-order valence-electron chi connectivity index (χ4n) is 3.36. The number of piperidine rings is 1. The van der Waals surface area contributed by atoms with Crippen molar-refractivity contribution in [2.75, 3.05) is 31.1 Å². The minimum Gasteiger partial charge on any atom is -0.492 e. The van der Waals surface area contributed by atoms with Gasteiger partial charge in [0.1, 0.15) is 18.2 Å². The van der Waals surface area contributed by atoms with Crippen molar-refractivity contribution in [3.63, 3.8) is 0 Å². The van der Waals surface area contributed by atoms with E-state index in [-0.39, 0.29) is 17.2 Å². The topological polar surface area (TPSA) is 67.3 Å². The summed E-state index contributed by atoms with van der Waals surface area (Å²) in [5.41, 5.74) is 1.41. The molecule has 1 aromatic carbocycles. The van der Waals surface area contributed by atoms with Gasteiger partial charge in [0.25, 0.3) is 0 Å². The number of carbonyl (C=O) groups excluding carboxylic acids is 1. The predicted molar refractivity (Wildman–Crippen MR) is 111 cm³/mol. The lowest BCUT2D eigenvalue weighted by Crippen LogP contribution is -2.41. The highest BCUT2D eigenvalue weighted by molar-refractivity contribution is 5.78. The van der Waals surface area contributed by atoms with E-state index in [0.717, 1.165) is 37.5 Å². The van der Waals surface area contributed by atoms with E-state index in [1.807, 2.05) is 12.1 Å². The Labute approximate surface area is 167 Å². The van der Waals surface area contributed by atoms with Crippen molar-refractivity contribution in [1.82, 2.24) is 15.3 Å². The molecule has 2 heterocycles. The van der Waals surface area contributed by atoms with Gasteiger partial charge < -0.3 is 15.0 Å². The Morgan fingerprint density at radius 1 is 1.18 bits per heavy atom. The maximum atomic E-state index is 12.4. The summed E-state index contributed by atoms with van der Waals surface area (Å²) in [4.78, 5) is 23.0. The minimum absolute atomic E-state index is 0.0546. The molecule has 28 heavy (non-hydrogen) atoms. The van der Waals surface area contributed by atoms with E-state index in [1.54, 1.807) is 18.6 Å². The van der Waals surface area contributed by atoms with Gasteiger partial charge in [-0.1, -0.05) is 32.9 Å². The molecule has 0 radical (unpaired) electrons. The molecule has 6 heteroatoms. The van der Waals surface area contributed by atoms with Gasteiger partial charge in [-0.15, -0.1) is 0 Å². The van der Waals surface area contributed by atoms with Gasteiger partial charge in [-0.25, -0.2) is 4.98 Å². The van der Waals surface area contributed by atoms with Gasteiger partial charge in [-0.2, -0.15) is 0 Å². The number of ether oxygens (including phenoxy) is 1. The molecule has 1 saturated heterocycles. The van der Waals surface area contributed by atoms with Crippen LogP contribution >= 0.6 is 0 Å². The van der Waals surface area contributed by atoms with Gasteiger partial charge in [0.05, 0.1) is 12.7 Å². The van der Waals surface area contributed by atoms with Gasteiger partial charge in [0.15, 0.2) is 0 Å². The average molecular weight is 383 g/mol. The zero-order valence-electron chi connectivity index (χ0n) is 17.0. The molecule has 2 aromatic rings. The first-order chi connectivity index (χ1) is 13.4. The second kappa shape index (κ2) is 9.04. The number of nitrogens with one attached hydrogen (secondary N) is 1. The van der Waals surface area contributed by atoms with E-state index < -0.39 is 0 Å². The Morgan fingerprint density at radius 2 is 1.89 bits per heavy atom. The summed E-state index contributed by atoms with van der Waals surface area (Å²) in [5, 5.41) is 3.00. The van der Waals surface area contributed by atoms with Crippen molar-refractivity contribution in [3.8, 4) is 5.75 Å². The van der Waals surface area contributed by atoms with Crippen LogP contribution in [0.1, 0.15) is 39.2 Å². The third-order valence-electron chi connectivity index (χ3n) is 5.13. The molecule has 0 bridgehead atoms. The predicted octanol–water partition coefficient (Wildman–Crippen LogP) is 3.19. The fraction of sp³-hybridized carbons (Fsp3) is 0.500. The molecule has 1 aliphatic rings. The van der Waals surface area contributed by atoms with Gasteiger partial charge in [0, 0.05) is 31.4 Å². The van der Waals surface area contributed by atoms with E-state index in [1.165, 1.54) is 5.56 Å². The van der Waals surface area contributed by atoms with E-state index >= 15 is 0 Å². The molecule has 1 amide bonds. The van der Waals surface area contributed by atoms with Gasteiger partial charge in [-0.3, -0.25) is 9.78 Å². The molecule has 6 nitrogen and oxygen atoms in total. The number of anilines is 1. The molecule has 3 rings (SSSR count). The number of nitrogens with zero attached hydrogens (tertiary/aromatic N) is 3. The molecule has 1 fully saturated rings. The molecule has 150 valence electrons. The van der Waals surface area contributed by atoms with Crippen LogP contribution < -0.4 is 15.0 Å². The van der Waals surface area contributed by atoms with Crippen LogP contribution in [-0.4, -0.2) is 42.1 Å². The SMILES string of the molecule is CC(C)(C)c1ccc(OCCNC(=O)C2CCN(c3cnccn3)CC2)cc1. The molecule has 1 aromatic heterocycles. The summed E-state index contributed by atoms with van der Waals surface area (Å²) >= 11 is 0. The standard InChI is InChI=1S/C22H30N4O2/c1-22(2,3)18-4-6-19(7-5-18)28-15-12-25-21(27)17-8-13-26(14-9-17)20-16-23-10-11-24-20/h4-7,10-11,16-17H,8-9,12-15H2,1-3H3,(H,25,27). The van der Waals surface area contributed by atoms with Gasteiger partial charge in [0.2, 0.25) is 5.91 Å². The number of carbonyl (C=O) groups is 1. The molecular formula is C22H30N4O2. The molecule has 0 saturated carbocycles. The van der Waals surface area contributed by atoms with E-state index in [9.17, 15) is 4.79 Å². The molecular weight excluding hydrogens is 352 g/mol. The molecule has 0 aliphatic carbocycles. The molecule has 0 atom stereocenters. The second-order valence-corrected chi connectivity index (χ2v) is 8.24. The summed E-state index contributed by atoms with van der Waals surface area (Å²) in [5.74, 6) is 1.89. The van der Waals surface area contributed by atoms with Crippen LogP contribution in [0.15, 0.2) is 42.9 Å². The first-order valence-corrected chi connectivity index (χ1v) is 9.95. The molecule has 1 N–H and O–H groups in total. The van der Waals surface area contributed by atoms with E-state index in [2.05, 4.69) is 53.1 Å². The Balaban J connectivity index is 1.36. The quantitative estimate of drug-likeness (QED) is 0.777. The Morgan fingerprint density at radius 3 is 2.50 bits per heavy atom. The zero-order chi connectivity index (χ0) is 20.0. The number of aromatic nitrogens is 2. The number of rotatable bonds is 6. The summed E-state index contributed by atoms with van der Waals surface area (Å²) in [7, 11) is 0. The summed E-state index contributed by atoms with van der Waals surface area (Å²) in [6, 6.07) is 8.17. The smallest absolute Gasteiger partial charge is 0.223 e. The maximum absolute atomic E-state index is 12.4. The van der Waals surface area contributed by atoms with Crippen LogP contribution in [-0.2, 0) is 10.2 Å². The number of benzene rings is 1. The number of amides is 1. The molecule has 0 spiro atoms. The minimum atomic E-state index is 0.0546. The summed E-state index contributed by atoms with van der Waals surface area (Å²) in [6.45, 7) is 9.21. The maximum Gasteiger partial charge on any atom is 0.223 e. The lowest BCUT2D eigenvalue weighted by Gasteiger charge is -2.31. The highest BCUT2D eigenvalue weighted by Crippen LogP contribution is 2.24. The second-order valence-electron chi connectivity index (χ2n) is 8.24. The third kappa shape index (κ3) is 5.44. The van der Waals surface area contributed by atoms with E-state index in [0.29, 0.717) is 13.2 Å². The zero-order valence-corrected chi connectivity index (χ0v) is 17.0. The van der Waals surface area contributed by atoms with Crippen LogP contribution in [0.5, 0.6) is 5.75 Å². The van der Waals surface area contributed by atoms with Crippen molar-refractivity contribution >= 4 is 11.7 Å². The van der Waals surface area contributed by atoms with Crippen molar-refractivity contribution in [2.24, 2.45) is 5.92 Å². The average Bonchev–Trinajstić information content (AvgIpc) is 2.71. The first kappa shape index (κ1) is 20.1. The molecule has 1 aliphatic heterocycles. The van der Waals surface area contributed by atoms with Crippen molar-refractivity contribution in [2.45, 2.75) is 39.0 Å². The van der Waals surface area contributed by atoms with Crippen molar-refractivity contribution in [1.29, 1.82) is 0 Å². The third-order valence-corrected chi connectivity index (χ3v) is 5.13. The van der Waals surface area contributed by atoms with Crippen LogP contribution in [0.4, 0.5) is 5.82 Å². The largest absolute Gasteiger partial charge is 0.492 e. The Hall–Kier alpha value is -2.63. The van der Waals surface area contributed by atoms with E-state index in [4.69, 9.17) is 4.74 Å². The normalized spacial score (nSPS) is 15.3.